The zero-order valence-electron chi connectivity index (χ0n) is 12.5. The first kappa shape index (κ1) is 14.1. The third kappa shape index (κ3) is 2.42. The van der Waals surface area contributed by atoms with E-state index in [1.807, 2.05) is 0 Å². The first-order valence-corrected chi connectivity index (χ1v) is 7.70. The highest BCUT2D eigenvalue weighted by Crippen LogP contribution is 2.32. The molecule has 1 aliphatic rings. The predicted octanol–water partition coefficient (Wildman–Crippen LogP) is 4.18. The maximum atomic E-state index is 14.3. The molecular weight excluding hydrogens is 296 g/mol. The number of nitrogens with zero attached hydrogens (tertiary/aromatic N) is 3. The number of fused-ring (bicyclic) bond motifs is 1. The van der Waals surface area contributed by atoms with Crippen LogP contribution in [-0.2, 0) is 0 Å². The average molecular weight is 311 g/mol. The van der Waals surface area contributed by atoms with Crippen LogP contribution in [0, 0.1) is 11.6 Å². The predicted molar refractivity (Wildman–Crippen MR) is 86.3 cm³/mol. The Balaban J connectivity index is 1.99. The van der Waals surface area contributed by atoms with E-state index in [0.29, 0.717) is 28.1 Å². The summed E-state index contributed by atoms with van der Waals surface area (Å²) in [5, 5.41) is 0.412. The lowest BCUT2D eigenvalue weighted by atomic mass is 10.1. The summed E-state index contributed by atoms with van der Waals surface area (Å²) in [5.74, 6) is 0.132. The van der Waals surface area contributed by atoms with E-state index in [0.717, 1.165) is 25.9 Å². The fourth-order valence-electron chi connectivity index (χ4n) is 3.04. The summed E-state index contributed by atoms with van der Waals surface area (Å²) in [6.07, 6.45) is 2.10. The Morgan fingerprint density at radius 1 is 0.826 bits per heavy atom. The van der Waals surface area contributed by atoms with Crippen LogP contribution in [0.4, 0.5) is 14.6 Å². The summed E-state index contributed by atoms with van der Waals surface area (Å²) in [6, 6.07) is 11.2. The van der Waals surface area contributed by atoms with Gasteiger partial charge in [0.05, 0.1) is 16.5 Å². The van der Waals surface area contributed by atoms with Crippen molar-refractivity contribution in [3.63, 3.8) is 0 Å². The molecule has 0 saturated carbocycles. The Hall–Kier alpha value is -2.56. The Labute approximate surface area is 132 Å². The molecule has 1 saturated heterocycles. The molecule has 1 aliphatic heterocycles. The molecule has 0 spiro atoms. The second kappa shape index (κ2) is 5.57. The third-order valence-electron chi connectivity index (χ3n) is 4.17. The first-order chi connectivity index (χ1) is 11.2. The van der Waals surface area contributed by atoms with Crippen LogP contribution in [-0.4, -0.2) is 23.1 Å². The molecular formula is C18H15F2N3. The van der Waals surface area contributed by atoms with Crippen molar-refractivity contribution in [1.82, 2.24) is 9.97 Å². The Bertz CT molecular complexity index is 873. The zero-order chi connectivity index (χ0) is 15.8. The fourth-order valence-corrected chi connectivity index (χ4v) is 3.04. The van der Waals surface area contributed by atoms with Gasteiger partial charge in [0.25, 0.3) is 0 Å². The summed E-state index contributed by atoms with van der Waals surface area (Å²) in [4.78, 5) is 10.9. The number of hydrogen-bond donors (Lipinski definition) is 0. The van der Waals surface area contributed by atoms with E-state index in [1.54, 1.807) is 30.3 Å². The quantitative estimate of drug-likeness (QED) is 0.711. The van der Waals surface area contributed by atoms with Crippen molar-refractivity contribution in [2.45, 2.75) is 12.8 Å². The lowest BCUT2D eigenvalue weighted by molar-refractivity contribution is 0.630. The van der Waals surface area contributed by atoms with Gasteiger partial charge in [-0.1, -0.05) is 18.2 Å². The van der Waals surface area contributed by atoms with E-state index in [4.69, 9.17) is 0 Å². The van der Waals surface area contributed by atoms with Crippen molar-refractivity contribution in [2.75, 3.05) is 18.0 Å². The van der Waals surface area contributed by atoms with Gasteiger partial charge in [0, 0.05) is 13.1 Å². The molecule has 23 heavy (non-hydrogen) atoms. The molecule has 1 aromatic heterocycles. The van der Waals surface area contributed by atoms with Gasteiger partial charge in [-0.3, -0.25) is 0 Å². The lowest BCUT2D eigenvalue weighted by Gasteiger charge is -2.19. The first-order valence-electron chi connectivity index (χ1n) is 7.70. The van der Waals surface area contributed by atoms with Gasteiger partial charge in [-0.15, -0.1) is 0 Å². The molecule has 0 radical (unpaired) electrons. The van der Waals surface area contributed by atoms with Crippen LogP contribution in [0.1, 0.15) is 12.8 Å². The monoisotopic (exact) mass is 311 g/mol. The minimum atomic E-state index is -0.379. The van der Waals surface area contributed by atoms with Gasteiger partial charge in [0.15, 0.2) is 5.82 Å². The fraction of sp³-hybridized carbons (Fsp3) is 0.222. The Morgan fingerprint density at radius 2 is 1.57 bits per heavy atom. The van der Waals surface area contributed by atoms with E-state index in [2.05, 4.69) is 14.9 Å². The molecule has 2 aromatic carbocycles. The van der Waals surface area contributed by atoms with Gasteiger partial charge < -0.3 is 4.90 Å². The molecule has 1 fully saturated rings. The van der Waals surface area contributed by atoms with E-state index in [9.17, 15) is 8.78 Å². The SMILES string of the molecule is Fc1ccccc1-c1nc(N2CCCC2)c2c(F)cccc2n1. The maximum absolute atomic E-state index is 14.3. The molecule has 0 aliphatic carbocycles. The smallest absolute Gasteiger partial charge is 0.165 e. The van der Waals surface area contributed by atoms with Crippen molar-refractivity contribution in [2.24, 2.45) is 0 Å². The van der Waals surface area contributed by atoms with Crippen molar-refractivity contribution >= 4 is 16.7 Å². The zero-order valence-corrected chi connectivity index (χ0v) is 12.5. The van der Waals surface area contributed by atoms with E-state index in [1.165, 1.54) is 12.1 Å². The third-order valence-corrected chi connectivity index (χ3v) is 4.17. The second-order valence-electron chi connectivity index (χ2n) is 5.68. The molecule has 0 atom stereocenters. The van der Waals surface area contributed by atoms with Crippen molar-refractivity contribution in [3.8, 4) is 11.4 Å². The summed E-state index contributed by atoms with van der Waals surface area (Å²) in [7, 11) is 0. The second-order valence-corrected chi connectivity index (χ2v) is 5.68. The average Bonchev–Trinajstić information content (AvgIpc) is 3.09. The summed E-state index contributed by atoms with van der Waals surface area (Å²) >= 11 is 0. The van der Waals surface area contributed by atoms with E-state index >= 15 is 0 Å². The van der Waals surface area contributed by atoms with Crippen LogP contribution >= 0.6 is 0 Å². The van der Waals surface area contributed by atoms with Gasteiger partial charge >= 0.3 is 0 Å². The molecule has 5 heteroatoms. The largest absolute Gasteiger partial charge is 0.356 e. The number of rotatable bonds is 2. The highest BCUT2D eigenvalue weighted by atomic mass is 19.1. The van der Waals surface area contributed by atoms with Gasteiger partial charge in [-0.25, -0.2) is 18.7 Å². The normalized spacial score (nSPS) is 14.6. The van der Waals surface area contributed by atoms with Crippen molar-refractivity contribution < 1.29 is 8.78 Å². The molecule has 0 unspecified atom stereocenters. The minimum Gasteiger partial charge on any atom is -0.356 e. The number of halogens is 2. The molecule has 0 N–H and O–H groups in total. The summed E-state index contributed by atoms with van der Waals surface area (Å²) in [6.45, 7) is 1.66. The minimum absolute atomic E-state index is 0.295. The number of hydrogen-bond acceptors (Lipinski definition) is 3. The number of aromatic nitrogens is 2. The molecule has 4 rings (SSSR count). The molecule has 116 valence electrons. The van der Waals surface area contributed by atoms with Crippen molar-refractivity contribution in [3.05, 3.63) is 54.1 Å². The molecule has 0 bridgehead atoms. The molecule has 3 nitrogen and oxygen atoms in total. The molecule has 3 aromatic rings. The van der Waals surface area contributed by atoms with Crippen LogP contribution < -0.4 is 4.90 Å². The Morgan fingerprint density at radius 3 is 2.35 bits per heavy atom. The highest BCUT2D eigenvalue weighted by Gasteiger charge is 2.21. The van der Waals surface area contributed by atoms with Crippen LogP contribution in [0.15, 0.2) is 42.5 Å². The van der Waals surface area contributed by atoms with Crippen molar-refractivity contribution in [1.29, 1.82) is 0 Å². The summed E-state index contributed by atoms with van der Waals surface area (Å²) < 4.78 is 28.4. The molecule has 0 amide bonds. The van der Waals surface area contributed by atoms with Gasteiger partial charge in [0.2, 0.25) is 0 Å². The summed E-state index contributed by atoms with van der Waals surface area (Å²) in [5.41, 5.74) is 0.833. The van der Waals surface area contributed by atoms with Crippen LogP contribution in [0.2, 0.25) is 0 Å². The van der Waals surface area contributed by atoms with Gasteiger partial charge in [0.1, 0.15) is 17.5 Å². The standard InChI is InChI=1S/C18H15F2N3/c19-13-7-2-1-6-12(13)17-21-15-9-5-8-14(20)16(15)18(22-17)23-10-3-4-11-23/h1-2,5-9H,3-4,10-11H2. The van der Waals surface area contributed by atoms with E-state index < -0.39 is 0 Å². The molecule has 2 heterocycles. The van der Waals surface area contributed by atoms with Crippen LogP contribution in [0.5, 0.6) is 0 Å². The number of anilines is 1. The van der Waals surface area contributed by atoms with Gasteiger partial charge in [-0.2, -0.15) is 0 Å². The lowest BCUT2D eigenvalue weighted by Crippen LogP contribution is -2.20. The number of benzene rings is 2. The van der Waals surface area contributed by atoms with Crippen LogP contribution in [0.3, 0.4) is 0 Å². The topological polar surface area (TPSA) is 29.0 Å². The van der Waals surface area contributed by atoms with Gasteiger partial charge in [-0.05, 0) is 37.1 Å². The van der Waals surface area contributed by atoms with E-state index in [-0.39, 0.29) is 11.6 Å². The maximum Gasteiger partial charge on any atom is 0.165 e. The van der Waals surface area contributed by atoms with Crippen LogP contribution in [0.25, 0.3) is 22.3 Å². The Kier molecular flexibility index (Phi) is 3.41. The highest BCUT2D eigenvalue weighted by molar-refractivity contribution is 5.91.